The Labute approximate surface area is 215 Å². The summed E-state index contributed by atoms with van der Waals surface area (Å²) in [5.74, 6) is 0.133. The van der Waals surface area contributed by atoms with Gasteiger partial charge < -0.3 is 16.4 Å². The fourth-order valence-electron chi connectivity index (χ4n) is 5.36. The number of carbonyl (C=O) groups excluding carboxylic acids is 1. The second-order valence-corrected chi connectivity index (χ2v) is 13.3. The van der Waals surface area contributed by atoms with Crippen molar-refractivity contribution in [2.24, 2.45) is 11.7 Å². The van der Waals surface area contributed by atoms with Crippen LogP contribution in [-0.2, 0) is 10.0 Å². The third-order valence-electron chi connectivity index (χ3n) is 7.17. The highest BCUT2D eigenvalue weighted by molar-refractivity contribution is 7.91. The maximum atomic E-state index is 13.1. The van der Waals surface area contributed by atoms with Crippen molar-refractivity contribution < 1.29 is 13.2 Å². The largest absolute Gasteiger partial charge is 0.384 e. The number of halogens is 1. The van der Waals surface area contributed by atoms with E-state index < -0.39 is 10.0 Å². The molecule has 1 aromatic heterocycles. The van der Waals surface area contributed by atoms with Crippen molar-refractivity contribution in [3.05, 3.63) is 46.3 Å². The van der Waals surface area contributed by atoms with E-state index in [1.165, 1.54) is 0 Å². The number of nitrogen functional groups attached to an aromatic ring is 1. The number of thiophene rings is 1. The summed E-state index contributed by atoms with van der Waals surface area (Å²) in [5.41, 5.74) is 6.33. The van der Waals surface area contributed by atoms with Crippen LogP contribution in [0.25, 0.3) is 0 Å². The van der Waals surface area contributed by atoms with E-state index >= 15 is 0 Å². The molecule has 2 heterocycles. The highest BCUT2D eigenvalue weighted by atomic mass is 35.5. The quantitative estimate of drug-likeness (QED) is 0.235. The first-order valence-corrected chi connectivity index (χ1v) is 14.6. The predicted octanol–water partition coefficient (Wildman–Crippen LogP) is 5.00. The van der Waals surface area contributed by atoms with Crippen LogP contribution >= 0.6 is 22.9 Å². The van der Waals surface area contributed by atoms with Crippen LogP contribution in [0.15, 0.2) is 40.6 Å². The van der Waals surface area contributed by atoms with Crippen LogP contribution in [0.4, 0.5) is 10.5 Å². The Balaban J connectivity index is 1.47. The number of amides is 2. The van der Waals surface area contributed by atoms with Crippen LogP contribution in [-0.4, -0.2) is 43.2 Å². The maximum Gasteiger partial charge on any atom is 0.319 e. The molecule has 0 radical (unpaired) electrons. The van der Waals surface area contributed by atoms with Crippen molar-refractivity contribution in [1.82, 2.24) is 9.62 Å². The molecule has 0 atom stereocenters. The lowest BCUT2D eigenvalue weighted by molar-refractivity contribution is 0.130. The molecular formula is C24H32ClN5O3S2. The number of benzene rings is 1. The molecule has 8 nitrogen and oxygen atoms in total. The summed E-state index contributed by atoms with van der Waals surface area (Å²) in [4.78, 5) is 13.1. The molecule has 2 fully saturated rings. The first kappa shape index (κ1) is 25.9. The predicted molar refractivity (Wildman–Crippen MR) is 141 cm³/mol. The van der Waals surface area contributed by atoms with E-state index in [1.807, 2.05) is 0 Å². The van der Waals surface area contributed by atoms with Gasteiger partial charge in [-0.15, -0.1) is 11.3 Å². The highest BCUT2D eigenvalue weighted by Crippen LogP contribution is 2.40. The molecular weight excluding hydrogens is 506 g/mol. The van der Waals surface area contributed by atoms with Crippen molar-refractivity contribution in [1.29, 1.82) is 5.41 Å². The fourth-order valence-corrected chi connectivity index (χ4v) is 8.47. The van der Waals surface area contributed by atoms with Crippen LogP contribution < -0.4 is 16.4 Å². The number of hydrogen-bond acceptors (Lipinski definition) is 5. The SMILES string of the molecule is N=C(N)c1cccc(NC(=O)NC2(C3CCN(S(=O)(=O)c4ccc(Cl)s4)CC3)CCCCCC2)c1. The van der Waals surface area contributed by atoms with Gasteiger partial charge in [-0.2, -0.15) is 4.31 Å². The molecule has 35 heavy (non-hydrogen) atoms. The van der Waals surface area contributed by atoms with Gasteiger partial charge in [-0.3, -0.25) is 5.41 Å². The van der Waals surface area contributed by atoms with E-state index in [0.717, 1.165) is 49.9 Å². The number of hydrogen-bond donors (Lipinski definition) is 4. The second kappa shape index (κ2) is 10.9. The molecule has 4 rings (SSSR count). The molecule has 0 unspecified atom stereocenters. The number of urea groups is 1. The zero-order chi connectivity index (χ0) is 25.1. The number of rotatable bonds is 6. The summed E-state index contributed by atoms with van der Waals surface area (Å²) in [6.07, 6.45) is 7.49. The number of nitrogens with zero attached hydrogens (tertiary/aromatic N) is 1. The van der Waals surface area contributed by atoms with Crippen molar-refractivity contribution in [2.45, 2.75) is 61.1 Å². The Hall–Kier alpha value is -2.14. The maximum absolute atomic E-state index is 13.1. The van der Waals surface area contributed by atoms with E-state index in [-0.39, 0.29) is 27.5 Å². The van der Waals surface area contributed by atoms with Gasteiger partial charge in [0.05, 0.1) is 4.34 Å². The lowest BCUT2D eigenvalue weighted by atomic mass is 9.73. The molecule has 1 aromatic carbocycles. The van der Waals surface area contributed by atoms with E-state index in [9.17, 15) is 13.2 Å². The molecule has 2 aromatic rings. The van der Waals surface area contributed by atoms with Crippen molar-refractivity contribution in [3.63, 3.8) is 0 Å². The number of anilines is 1. The van der Waals surface area contributed by atoms with E-state index in [1.54, 1.807) is 40.7 Å². The van der Waals surface area contributed by atoms with Gasteiger partial charge in [0.15, 0.2) is 0 Å². The lowest BCUT2D eigenvalue weighted by Crippen LogP contribution is -2.57. The zero-order valence-electron chi connectivity index (χ0n) is 19.6. The minimum Gasteiger partial charge on any atom is -0.384 e. The molecule has 0 bridgehead atoms. The monoisotopic (exact) mass is 537 g/mol. The number of amidine groups is 1. The first-order chi connectivity index (χ1) is 16.7. The standard InChI is InChI=1S/C24H32ClN5O3S2/c25-20-8-9-21(34-20)35(32,33)30-14-10-18(11-15-30)24(12-3-1-2-4-13-24)29-23(31)28-19-7-5-6-17(16-19)22(26)27/h5-9,16,18H,1-4,10-15H2,(H3,26,27)(H2,28,29,31). The van der Waals surface area contributed by atoms with Gasteiger partial charge in [0, 0.05) is 29.9 Å². The molecule has 1 saturated heterocycles. The normalized spacial score (nSPS) is 19.6. The van der Waals surface area contributed by atoms with Gasteiger partial charge >= 0.3 is 6.03 Å². The van der Waals surface area contributed by atoms with Crippen molar-refractivity contribution in [3.8, 4) is 0 Å². The van der Waals surface area contributed by atoms with Crippen LogP contribution in [0, 0.1) is 11.3 Å². The summed E-state index contributed by atoms with van der Waals surface area (Å²) in [5, 5.41) is 13.8. The zero-order valence-corrected chi connectivity index (χ0v) is 21.9. The van der Waals surface area contributed by atoms with Gasteiger partial charge in [-0.05, 0) is 55.9 Å². The van der Waals surface area contributed by atoms with Gasteiger partial charge in [-0.25, -0.2) is 13.2 Å². The van der Waals surface area contributed by atoms with E-state index in [2.05, 4.69) is 10.6 Å². The molecule has 2 aliphatic rings. The molecule has 1 aliphatic heterocycles. The molecule has 5 N–H and O–H groups in total. The fraction of sp³-hybridized carbons (Fsp3) is 0.500. The van der Waals surface area contributed by atoms with Crippen LogP contribution in [0.5, 0.6) is 0 Å². The lowest BCUT2D eigenvalue weighted by Gasteiger charge is -2.45. The summed E-state index contributed by atoms with van der Waals surface area (Å²) >= 11 is 7.05. The van der Waals surface area contributed by atoms with Crippen molar-refractivity contribution >= 4 is 50.5 Å². The minimum atomic E-state index is -3.56. The molecule has 1 saturated carbocycles. The Kier molecular flexibility index (Phi) is 8.05. The average molecular weight is 538 g/mol. The Morgan fingerprint density at radius 3 is 2.40 bits per heavy atom. The molecule has 11 heteroatoms. The summed E-state index contributed by atoms with van der Waals surface area (Å²) in [6, 6.07) is 9.83. The molecule has 2 amide bonds. The topological polar surface area (TPSA) is 128 Å². The van der Waals surface area contributed by atoms with E-state index in [0.29, 0.717) is 41.5 Å². The third kappa shape index (κ3) is 5.99. The minimum absolute atomic E-state index is 0.0548. The summed E-state index contributed by atoms with van der Waals surface area (Å²) in [7, 11) is -3.56. The number of sulfonamides is 1. The van der Waals surface area contributed by atoms with Crippen molar-refractivity contribution in [2.75, 3.05) is 18.4 Å². The second-order valence-electron chi connectivity index (χ2n) is 9.38. The van der Waals surface area contributed by atoms with Gasteiger partial charge in [0.2, 0.25) is 0 Å². The number of carbonyl (C=O) groups is 1. The Morgan fingerprint density at radius 1 is 1.11 bits per heavy atom. The smallest absolute Gasteiger partial charge is 0.319 e. The first-order valence-electron chi connectivity index (χ1n) is 12.0. The van der Waals surface area contributed by atoms with Crippen LogP contribution in [0.2, 0.25) is 4.34 Å². The number of piperidine rings is 1. The highest BCUT2D eigenvalue weighted by Gasteiger charge is 2.43. The van der Waals surface area contributed by atoms with E-state index in [4.69, 9.17) is 22.7 Å². The Bertz CT molecular complexity index is 1170. The van der Waals surface area contributed by atoms with Crippen LogP contribution in [0.3, 0.4) is 0 Å². The molecule has 1 aliphatic carbocycles. The Morgan fingerprint density at radius 2 is 1.80 bits per heavy atom. The average Bonchev–Trinajstić information content (AvgIpc) is 3.14. The molecule has 190 valence electrons. The summed E-state index contributed by atoms with van der Waals surface area (Å²) in [6.45, 7) is 0.850. The number of nitrogens with one attached hydrogen (secondary N) is 3. The number of nitrogens with two attached hydrogens (primary N) is 1. The van der Waals surface area contributed by atoms with Crippen LogP contribution in [0.1, 0.15) is 56.9 Å². The van der Waals surface area contributed by atoms with Gasteiger partial charge in [0.25, 0.3) is 10.0 Å². The van der Waals surface area contributed by atoms with Gasteiger partial charge in [0.1, 0.15) is 10.0 Å². The molecule has 0 spiro atoms. The van der Waals surface area contributed by atoms with Gasteiger partial charge in [-0.1, -0.05) is 49.4 Å². The third-order valence-corrected chi connectivity index (χ3v) is 10.8. The summed E-state index contributed by atoms with van der Waals surface area (Å²) < 4.78 is 28.4.